The number of halogens is 1. The lowest BCUT2D eigenvalue weighted by Crippen LogP contribution is -2.60. The molecule has 1 amide bonds. The van der Waals surface area contributed by atoms with Gasteiger partial charge in [0.15, 0.2) is 17.4 Å². The van der Waals surface area contributed by atoms with Crippen molar-refractivity contribution in [2.45, 2.75) is 58.9 Å². The van der Waals surface area contributed by atoms with Crippen LogP contribution < -0.4 is 24.0 Å². The molecule has 3 aromatic rings. The van der Waals surface area contributed by atoms with Crippen molar-refractivity contribution in [3.63, 3.8) is 0 Å². The molecular formula is C35H48FN9O4. The van der Waals surface area contributed by atoms with Gasteiger partial charge in [-0.05, 0) is 96.6 Å². The molecule has 0 bridgehead atoms. The van der Waals surface area contributed by atoms with Crippen LogP contribution in [-0.4, -0.2) is 114 Å². The first-order chi connectivity index (χ1) is 23.7. The van der Waals surface area contributed by atoms with Crippen LogP contribution in [0.1, 0.15) is 63.2 Å². The standard InChI is InChI=1S/C35H48FN9O4/c1-6-45(24(2)3)34(46)27-19-26(36)7-8-28(27)49-33-31(37-23-38-40-33)44-21-35(22-44)12-17-42(18-13-35)14-9-25-10-15-43(16-11-25)30-20-29(47-4)32(48-5)41-39-30/h7-8,19-20,23-25H,6,9-18,21-22H2,1-5H3. The molecule has 6 rings (SSSR count). The van der Waals surface area contributed by atoms with Gasteiger partial charge in [-0.15, -0.1) is 20.4 Å². The summed E-state index contributed by atoms with van der Waals surface area (Å²) in [5, 5.41) is 16.7. The Morgan fingerprint density at radius 1 is 0.980 bits per heavy atom. The zero-order valence-corrected chi connectivity index (χ0v) is 29.3. The van der Waals surface area contributed by atoms with Crippen LogP contribution in [0.4, 0.5) is 16.0 Å². The highest BCUT2D eigenvalue weighted by molar-refractivity contribution is 5.97. The van der Waals surface area contributed by atoms with E-state index in [4.69, 9.17) is 14.2 Å². The van der Waals surface area contributed by atoms with Crippen molar-refractivity contribution in [3.8, 4) is 23.3 Å². The van der Waals surface area contributed by atoms with Crippen molar-refractivity contribution in [3.05, 3.63) is 42.0 Å². The van der Waals surface area contributed by atoms with Crippen molar-refractivity contribution >= 4 is 17.5 Å². The third-order valence-corrected chi connectivity index (χ3v) is 10.4. The second-order valence-corrected chi connectivity index (χ2v) is 13.7. The van der Waals surface area contributed by atoms with Crippen molar-refractivity contribution in [1.82, 2.24) is 35.2 Å². The van der Waals surface area contributed by atoms with E-state index in [1.54, 1.807) is 19.1 Å². The molecule has 0 radical (unpaired) electrons. The molecule has 2 aromatic heterocycles. The number of piperidine rings is 2. The third kappa shape index (κ3) is 7.63. The lowest BCUT2D eigenvalue weighted by atomic mass is 9.72. The summed E-state index contributed by atoms with van der Waals surface area (Å²) in [5.41, 5.74) is 0.387. The molecule has 0 atom stereocenters. The molecule has 264 valence electrons. The van der Waals surface area contributed by atoms with Gasteiger partial charge in [-0.3, -0.25) is 4.79 Å². The maximum absolute atomic E-state index is 14.3. The van der Waals surface area contributed by atoms with Gasteiger partial charge in [-0.25, -0.2) is 9.37 Å². The van der Waals surface area contributed by atoms with Gasteiger partial charge in [0, 0.05) is 50.2 Å². The summed E-state index contributed by atoms with van der Waals surface area (Å²) < 4.78 is 31.1. The fourth-order valence-electron chi connectivity index (χ4n) is 7.39. The number of likely N-dealkylation sites (tertiary alicyclic amines) is 1. The quantitative estimate of drug-likeness (QED) is 0.264. The summed E-state index contributed by atoms with van der Waals surface area (Å²) in [4.78, 5) is 26.6. The average Bonchev–Trinajstić information content (AvgIpc) is 3.11. The minimum Gasteiger partial charge on any atom is -0.491 e. The van der Waals surface area contributed by atoms with Gasteiger partial charge < -0.3 is 33.8 Å². The maximum atomic E-state index is 14.3. The lowest BCUT2D eigenvalue weighted by Gasteiger charge is -2.54. The fourth-order valence-corrected chi connectivity index (χ4v) is 7.39. The Morgan fingerprint density at radius 2 is 1.73 bits per heavy atom. The van der Waals surface area contributed by atoms with Crippen molar-refractivity contribution < 1.29 is 23.4 Å². The minimum absolute atomic E-state index is 0.0452. The number of anilines is 2. The second-order valence-electron chi connectivity index (χ2n) is 13.7. The third-order valence-electron chi connectivity index (χ3n) is 10.4. The lowest BCUT2D eigenvalue weighted by molar-refractivity contribution is 0.0712. The summed E-state index contributed by atoms with van der Waals surface area (Å²) in [6, 6.07) is 5.84. The van der Waals surface area contributed by atoms with Gasteiger partial charge in [0.05, 0.1) is 19.8 Å². The van der Waals surface area contributed by atoms with E-state index < -0.39 is 5.82 Å². The van der Waals surface area contributed by atoms with Gasteiger partial charge in [0.2, 0.25) is 0 Å². The molecular weight excluding hydrogens is 629 g/mol. The monoisotopic (exact) mass is 677 g/mol. The van der Waals surface area contributed by atoms with E-state index in [1.807, 2.05) is 26.8 Å². The van der Waals surface area contributed by atoms with E-state index in [0.717, 1.165) is 77.3 Å². The number of methoxy groups -OCH3 is 2. The Balaban J connectivity index is 0.987. The highest BCUT2D eigenvalue weighted by atomic mass is 19.1. The number of nitrogens with zero attached hydrogens (tertiary/aromatic N) is 9. The van der Waals surface area contributed by atoms with E-state index in [-0.39, 0.29) is 34.6 Å². The maximum Gasteiger partial charge on any atom is 0.282 e. The predicted octanol–water partition coefficient (Wildman–Crippen LogP) is 4.69. The Kier molecular flexibility index (Phi) is 10.6. The van der Waals surface area contributed by atoms with Crippen LogP contribution in [0.2, 0.25) is 0 Å². The normalized spacial score (nSPS) is 18.0. The van der Waals surface area contributed by atoms with Crippen LogP contribution in [0.15, 0.2) is 30.6 Å². The number of hydrogen-bond donors (Lipinski definition) is 0. The number of ether oxygens (including phenoxy) is 3. The molecule has 3 fully saturated rings. The number of carbonyl (C=O) groups excluding carboxylic acids is 1. The molecule has 0 aliphatic carbocycles. The molecule has 5 heterocycles. The largest absolute Gasteiger partial charge is 0.491 e. The first-order valence-electron chi connectivity index (χ1n) is 17.4. The zero-order valence-electron chi connectivity index (χ0n) is 29.3. The Labute approximate surface area is 287 Å². The number of aromatic nitrogens is 5. The summed E-state index contributed by atoms with van der Waals surface area (Å²) in [5.74, 6) is 2.79. The van der Waals surface area contributed by atoms with Gasteiger partial charge in [-0.1, -0.05) is 0 Å². The molecule has 14 heteroatoms. The number of benzene rings is 1. The van der Waals surface area contributed by atoms with Crippen LogP contribution in [0.3, 0.4) is 0 Å². The molecule has 1 aromatic carbocycles. The van der Waals surface area contributed by atoms with E-state index in [0.29, 0.717) is 29.9 Å². The first kappa shape index (κ1) is 34.5. The molecule has 3 aliphatic rings. The molecule has 1 spiro atoms. The van der Waals surface area contributed by atoms with Gasteiger partial charge in [-0.2, -0.15) is 0 Å². The smallest absolute Gasteiger partial charge is 0.282 e. The Morgan fingerprint density at radius 3 is 2.41 bits per heavy atom. The minimum atomic E-state index is -0.504. The van der Waals surface area contributed by atoms with Crippen LogP contribution in [-0.2, 0) is 0 Å². The van der Waals surface area contributed by atoms with E-state index in [2.05, 4.69) is 40.1 Å². The molecule has 49 heavy (non-hydrogen) atoms. The first-order valence-corrected chi connectivity index (χ1v) is 17.4. The average molecular weight is 678 g/mol. The van der Waals surface area contributed by atoms with Crippen LogP contribution >= 0.6 is 0 Å². The Hall–Kier alpha value is -4.33. The molecule has 0 saturated carbocycles. The highest BCUT2D eigenvalue weighted by Gasteiger charge is 2.46. The summed E-state index contributed by atoms with van der Waals surface area (Å²) in [7, 11) is 3.18. The fraction of sp³-hybridized carbons (Fsp3) is 0.600. The van der Waals surface area contributed by atoms with Crippen molar-refractivity contribution in [2.75, 3.05) is 76.4 Å². The Bertz CT molecular complexity index is 1590. The van der Waals surface area contributed by atoms with Gasteiger partial charge >= 0.3 is 0 Å². The summed E-state index contributed by atoms with van der Waals surface area (Å²) >= 11 is 0. The molecule has 3 saturated heterocycles. The second kappa shape index (κ2) is 15.1. The van der Waals surface area contributed by atoms with Crippen LogP contribution in [0.5, 0.6) is 23.3 Å². The number of carbonyl (C=O) groups is 1. The topological polar surface area (TPSA) is 122 Å². The predicted molar refractivity (Wildman–Crippen MR) is 183 cm³/mol. The molecule has 3 aliphatic heterocycles. The van der Waals surface area contributed by atoms with Gasteiger partial charge in [0.1, 0.15) is 17.9 Å². The molecule has 0 unspecified atom stereocenters. The number of amides is 1. The van der Waals surface area contributed by atoms with E-state index >= 15 is 0 Å². The van der Waals surface area contributed by atoms with Crippen LogP contribution in [0.25, 0.3) is 0 Å². The van der Waals surface area contributed by atoms with Gasteiger partial charge in [0.25, 0.3) is 17.7 Å². The molecule has 13 nitrogen and oxygen atoms in total. The van der Waals surface area contributed by atoms with Crippen molar-refractivity contribution in [2.24, 2.45) is 11.3 Å². The summed E-state index contributed by atoms with van der Waals surface area (Å²) in [6.07, 6.45) is 7.17. The highest BCUT2D eigenvalue weighted by Crippen LogP contribution is 2.44. The van der Waals surface area contributed by atoms with Crippen molar-refractivity contribution in [1.29, 1.82) is 0 Å². The number of hydrogen-bond acceptors (Lipinski definition) is 12. The van der Waals surface area contributed by atoms with E-state index in [1.165, 1.54) is 30.9 Å². The summed E-state index contributed by atoms with van der Waals surface area (Å²) in [6.45, 7) is 13.2. The zero-order chi connectivity index (χ0) is 34.5. The SMILES string of the molecule is CCN(C(=O)c1cc(F)ccc1Oc1nncnc1N1CC2(CCN(CCC3CCN(c4cc(OC)c(OC)nn4)CC3)CC2)C1)C(C)C. The van der Waals surface area contributed by atoms with E-state index in [9.17, 15) is 9.18 Å². The number of rotatable bonds is 12. The van der Waals surface area contributed by atoms with Crippen LogP contribution in [0, 0.1) is 17.2 Å². The molecule has 0 N–H and O–H groups in total.